The number of hydrogen-bond donors (Lipinski definition) is 1. The van der Waals surface area contributed by atoms with E-state index in [0.717, 1.165) is 22.4 Å². The van der Waals surface area contributed by atoms with Crippen molar-refractivity contribution in [2.75, 3.05) is 23.4 Å². The first-order valence-corrected chi connectivity index (χ1v) is 9.24. The Hall–Kier alpha value is -3.15. The highest BCUT2D eigenvalue weighted by Crippen LogP contribution is 2.26. The Morgan fingerprint density at radius 1 is 1.11 bits per heavy atom. The zero-order chi connectivity index (χ0) is 20.3. The topological polar surface area (TPSA) is 75.7 Å². The molecule has 1 N–H and O–H groups in total. The van der Waals surface area contributed by atoms with E-state index in [9.17, 15) is 14.4 Å². The van der Waals surface area contributed by atoms with Crippen molar-refractivity contribution in [2.24, 2.45) is 5.92 Å². The molecule has 0 aliphatic carbocycles. The Kier molecular flexibility index (Phi) is 5.78. The fraction of sp³-hybridized carbons (Fsp3) is 0.318. The molecule has 6 heteroatoms. The zero-order valence-corrected chi connectivity index (χ0v) is 16.3. The second-order valence-corrected chi connectivity index (χ2v) is 7.22. The summed E-state index contributed by atoms with van der Waals surface area (Å²) < 4.78 is 5.16. The normalized spacial score (nSPS) is 16.2. The fourth-order valence-corrected chi connectivity index (χ4v) is 3.22. The smallest absolute Gasteiger partial charge is 0.311 e. The number of hydrogen-bond acceptors (Lipinski definition) is 4. The molecule has 6 nitrogen and oxygen atoms in total. The molecule has 1 aliphatic rings. The molecule has 0 saturated carbocycles. The van der Waals surface area contributed by atoms with E-state index in [1.165, 1.54) is 0 Å². The number of rotatable bonds is 5. The van der Waals surface area contributed by atoms with E-state index >= 15 is 0 Å². The van der Waals surface area contributed by atoms with Crippen LogP contribution in [-0.4, -0.2) is 30.9 Å². The number of amides is 2. The Labute approximate surface area is 164 Å². The summed E-state index contributed by atoms with van der Waals surface area (Å²) in [6.45, 7) is 5.67. The van der Waals surface area contributed by atoms with Crippen LogP contribution in [0.15, 0.2) is 42.5 Å². The van der Waals surface area contributed by atoms with E-state index in [1.807, 2.05) is 63.2 Å². The van der Waals surface area contributed by atoms with E-state index in [4.69, 9.17) is 4.74 Å². The van der Waals surface area contributed by atoms with Gasteiger partial charge in [-0.15, -0.1) is 0 Å². The van der Waals surface area contributed by atoms with Crippen LogP contribution in [0.5, 0.6) is 0 Å². The van der Waals surface area contributed by atoms with Gasteiger partial charge in [-0.05, 0) is 55.7 Å². The van der Waals surface area contributed by atoms with Gasteiger partial charge in [0.1, 0.15) is 0 Å². The fourth-order valence-electron chi connectivity index (χ4n) is 3.22. The van der Waals surface area contributed by atoms with Crippen molar-refractivity contribution in [2.45, 2.75) is 27.2 Å². The van der Waals surface area contributed by atoms with Gasteiger partial charge in [-0.3, -0.25) is 14.4 Å². The first kappa shape index (κ1) is 19.6. The van der Waals surface area contributed by atoms with E-state index < -0.39 is 17.8 Å². The van der Waals surface area contributed by atoms with Crippen molar-refractivity contribution < 1.29 is 19.1 Å². The average Bonchev–Trinajstić information content (AvgIpc) is 3.04. The van der Waals surface area contributed by atoms with Crippen molar-refractivity contribution in [3.05, 3.63) is 59.2 Å². The lowest BCUT2D eigenvalue weighted by Crippen LogP contribution is -2.28. The average molecular weight is 380 g/mol. The summed E-state index contributed by atoms with van der Waals surface area (Å²) >= 11 is 0. The highest BCUT2D eigenvalue weighted by molar-refractivity contribution is 6.00. The molecule has 2 aromatic carbocycles. The molecule has 1 fully saturated rings. The highest BCUT2D eigenvalue weighted by atomic mass is 16.5. The number of nitrogens with one attached hydrogen (secondary N) is 1. The summed E-state index contributed by atoms with van der Waals surface area (Å²) in [4.78, 5) is 38.3. The molecule has 1 saturated heterocycles. The number of benzene rings is 2. The van der Waals surface area contributed by atoms with Crippen LogP contribution in [0.3, 0.4) is 0 Å². The predicted octanol–water partition coefficient (Wildman–Crippen LogP) is 3.15. The summed E-state index contributed by atoms with van der Waals surface area (Å²) in [6.07, 6.45) is 0.0887. The van der Waals surface area contributed by atoms with Crippen molar-refractivity contribution in [3.63, 3.8) is 0 Å². The summed E-state index contributed by atoms with van der Waals surface area (Å²) in [6, 6.07) is 13.3. The molecule has 0 spiro atoms. The first-order valence-electron chi connectivity index (χ1n) is 9.24. The van der Waals surface area contributed by atoms with Gasteiger partial charge >= 0.3 is 5.97 Å². The van der Waals surface area contributed by atoms with Gasteiger partial charge in [0, 0.05) is 24.3 Å². The van der Waals surface area contributed by atoms with Crippen LogP contribution >= 0.6 is 0 Å². The van der Waals surface area contributed by atoms with Gasteiger partial charge in [-0.1, -0.05) is 24.3 Å². The van der Waals surface area contributed by atoms with Crippen molar-refractivity contribution in [1.29, 1.82) is 0 Å². The van der Waals surface area contributed by atoms with Gasteiger partial charge in [0.25, 0.3) is 5.91 Å². The third-order valence-corrected chi connectivity index (χ3v) is 4.78. The number of nitrogens with zero attached hydrogens (tertiary/aromatic N) is 1. The van der Waals surface area contributed by atoms with Gasteiger partial charge in [-0.25, -0.2) is 0 Å². The van der Waals surface area contributed by atoms with Gasteiger partial charge < -0.3 is 15.0 Å². The maximum atomic E-state index is 12.3. The Bertz CT molecular complexity index is 923. The van der Waals surface area contributed by atoms with E-state index in [-0.39, 0.29) is 25.5 Å². The summed E-state index contributed by atoms with van der Waals surface area (Å²) in [7, 11) is 0. The highest BCUT2D eigenvalue weighted by Gasteiger charge is 2.36. The molecule has 0 radical (unpaired) electrons. The minimum absolute atomic E-state index is 0.0887. The summed E-state index contributed by atoms with van der Waals surface area (Å²) in [5.41, 5.74) is 4.47. The lowest BCUT2D eigenvalue weighted by Gasteiger charge is -2.17. The number of ether oxygens (including phenoxy) is 1. The minimum Gasteiger partial charge on any atom is -0.455 e. The van der Waals surface area contributed by atoms with Crippen LogP contribution in [0.4, 0.5) is 11.4 Å². The Morgan fingerprint density at radius 3 is 2.61 bits per heavy atom. The molecule has 0 unspecified atom stereocenters. The third kappa shape index (κ3) is 4.57. The van der Waals surface area contributed by atoms with Crippen LogP contribution in [-0.2, 0) is 19.1 Å². The Balaban J connectivity index is 1.54. The maximum Gasteiger partial charge on any atom is 0.311 e. The van der Waals surface area contributed by atoms with E-state index in [0.29, 0.717) is 5.69 Å². The SMILES string of the molecule is Cc1cccc(N2C[C@H](C(=O)OCC(=O)Nc3cc(C)ccc3C)CC2=O)c1. The first-order chi connectivity index (χ1) is 13.3. The predicted molar refractivity (Wildman–Crippen MR) is 107 cm³/mol. The summed E-state index contributed by atoms with van der Waals surface area (Å²) in [5.74, 6) is -1.62. The molecule has 1 aliphatic heterocycles. The lowest BCUT2D eigenvalue weighted by molar-refractivity contribution is -0.151. The van der Waals surface area contributed by atoms with Gasteiger partial charge in [-0.2, -0.15) is 0 Å². The second kappa shape index (κ2) is 8.25. The molecular weight excluding hydrogens is 356 g/mol. The molecule has 0 aromatic heterocycles. The molecule has 28 heavy (non-hydrogen) atoms. The number of carbonyl (C=O) groups excluding carboxylic acids is 3. The van der Waals surface area contributed by atoms with Crippen LogP contribution in [0.2, 0.25) is 0 Å². The monoisotopic (exact) mass is 380 g/mol. The van der Waals surface area contributed by atoms with Crippen molar-refractivity contribution >= 4 is 29.2 Å². The molecular formula is C22H24N2O4. The standard InChI is InChI=1S/C22H24N2O4/c1-14-5-4-6-18(9-14)24-12-17(11-21(24)26)22(27)28-13-20(25)23-19-10-15(2)7-8-16(19)3/h4-10,17H,11-13H2,1-3H3,(H,23,25)/t17-/m1/s1. The van der Waals surface area contributed by atoms with Crippen molar-refractivity contribution in [1.82, 2.24) is 0 Å². The number of anilines is 2. The molecule has 1 atom stereocenters. The number of carbonyl (C=O) groups is 3. The number of aryl methyl sites for hydroxylation is 3. The zero-order valence-electron chi connectivity index (χ0n) is 16.3. The largest absolute Gasteiger partial charge is 0.455 e. The van der Waals surface area contributed by atoms with Crippen molar-refractivity contribution in [3.8, 4) is 0 Å². The third-order valence-electron chi connectivity index (χ3n) is 4.78. The Morgan fingerprint density at radius 2 is 1.86 bits per heavy atom. The van der Waals surface area contributed by atoms with Crippen LogP contribution < -0.4 is 10.2 Å². The molecule has 2 aromatic rings. The van der Waals surface area contributed by atoms with Crippen LogP contribution in [0, 0.1) is 26.7 Å². The molecule has 3 rings (SSSR count). The van der Waals surface area contributed by atoms with Crippen LogP contribution in [0.1, 0.15) is 23.1 Å². The van der Waals surface area contributed by atoms with E-state index in [1.54, 1.807) is 4.90 Å². The second-order valence-electron chi connectivity index (χ2n) is 7.22. The molecule has 0 bridgehead atoms. The lowest BCUT2D eigenvalue weighted by atomic mass is 10.1. The van der Waals surface area contributed by atoms with Gasteiger partial charge in [0.2, 0.25) is 5.91 Å². The van der Waals surface area contributed by atoms with Crippen LogP contribution in [0.25, 0.3) is 0 Å². The van der Waals surface area contributed by atoms with Gasteiger partial charge in [0.15, 0.2) is 6.61 Å². The molecule has 2 amide bonds. The quantitative estimate of drug-likeness (QED) is 0.809. The minimum atomic E-state index is -0.568. The summed E-state index contributed by atoms with van der Waals surface area (Å²) in [5, 5.41) is 2.75. The molecule has 146 valence electrons. The van der Waals surface area contributed by atoms with E-state index in [2.05, 4.69) is 5.32 Å². The van der Waals surface area contributed by atoms with Gasteiger partial charge in [0.05, 0.1) is 5.92 Å². The molecule has 1 heterocycles. The number of esters is 1. The maximum absolute atomic E-state index is 12.3.